The van der Waals surface area contributed by atoms with E-state index in [9.17, 15) is 18.3 Å². The summed E-state index contributed by atoms with van der Waals surface area (Å²) in [5, 5.41) is 10.9. The summed E-state index contributed by atoms with van der Waals surface area (Å²) in [6.45, 7) is 13.9. The molecule has 1 saturated heterocycles. The van der Waals surface area contributed by atoms with Gasteiger partial charge in [0, 0.05) is 43.5 Å². The van der Waals surface area contributed by atoms with E-state index in [2.05, 4.69) is 11.8 Å². The van der Waals surface area contributed by atoms with Crippen LogP contribution >= 0.6 is 0 Å². The zero-order valence-electron chi connectivity index (χ0n) is 24.8. The number of anilines is 2. The number of amides is 1. The van der Waals surface area contributed by atoms with Crippen molar-refractivity contribution in [1.82, 2.24) is 4.90 Å². The van der Waals surface area contributed by atoms with E-state index in [1.807, 2.05) is 65.0 Å². The number of benzene rings is 2. The Balaban J connectivity index is 1.57. The van der Waals surface area contributed by atoms with Gasteiger partial charge in [0.05, 0.1) is 16.7 Å². The highest BCUT2D eigenvalue weighted by Gasteiger charge is 2.35. The van der Waals surface area contributed by atoms with Gasteiger partial charge in [-0.3, -0.25) is 4.31 Å². The number of sulfonamides is 1. The molecule has 2 aromatic carbocycles. The average molecular weight is 572 g/mol. The molecule has 0 aromatic heterocycles. The highest BCUT2D eigenvalue weighted by Crippen LogP contribution is 2.39. The molecule has 1 unspecified atom stereocenters. The third-order valence-electron chi connectivity index (χ3n) is 7.62. The molecular formula is C31H45N3O5S. The third-order valence-corrected chi connectivity index (χ3v) is 9.41. The number of nitrogens with zero attached hydrogens (tertiary/aromatic N) is 3. The first-order valence-electron chi connectivity index (χ1n) is 14.5. The Kier molecular flexibility index (Phi) is 9.05. The van der Waals surface area contributed by atoms with Crippen molar-refractivity contribution in [2.45, 2.75) is 89.9 Å². The molecule has 0 radical (unpaired) electrons. The van der Waals surface area contributed by atoms with Gasteiger partial charge in [-0.15, -0.1) is 0 Å². The molecule has 9 heteroatoms. The minimum atomic E-state index is -3.85. The SMILES string of the molecule is CCc1ccc(N(CC(C)C)S(=O)(=O)c2ccc3c(c2)C(O)CCN3C2CCN(C(=O)OC(C)(C)C)CC2)cc1. The Morgan fingerprint density at radius 2 is 1.70 bits per heavy atom. The van der Waals surface area contributed by atoms with Gasteiger partial charge < -0.3 is 19.6 Å². The predicted octanol–water partition coefficient (Wildman–Crippen LogP) is 5.74. The van der Waals surface area contributed by atoms with Crippen LogP contribution in [0.1, 0.15) is 78.0 Å². The van der Waals surface area contributed by atoms with E-state index < -0.39 is 21.7 Å². The topological polar surface area (TPSA) is 90.4 Å². The van der Waals surface area contributed by atoms with Crippen LogP contribution in [0.2, 0.25) is 0 Å². The van der Waals surface area contributed by atoms with Gasteiger partial charge in [0.15, 0.2) is 0 Å². The molecule has 1 amide bonds. The summed E-state index contributed by atoms with van der Waals surface area (Å²) in [5.41, 5.74) is 2.78. The second-order valence-corrected chi connectivity index (χ2v) is 14.2. The molecule has 0 saturated carbocycles. The number of carbonyl (C=O) groups is 1. The van der Waals surface area contributed by atoms with Gasteiger partial charge in [0.1, 0.15) is 5.60 Å². The summed E-state index contributed by atoms with van der Waals surface area (Å²) >= 11 is 0. The number of hydrogen-bond donors (Lipinski definition) is 1. The number of aliphatic hydroxyl groups is 1. The van der Waals surface area contributed by atoms with Crippen LogP contribution in [0, 0.1) is 5.92 Å². The summed E-state index contributed by atoms with van der Waals surface area (Å²) in [6, 6.07) is 13.1. The molecule has 2 aliphatic rings. The normalized spacial score (nSPS) is 18.6. The quantitative estimate of drug-likeness (QED) is 0.456. The van der Waals surface area contributed by atoms with Gasteiger partial charge in [-0.2, -0.15) is 0 Å². The summed E-state index contributed by atoms with van der Waals surface area (Å²) in [5.74, 6) is 0.130. The van der Waals surface area contributed by atoms with Crippen LogP contribution in [0.3, 0.4) is 0 Å². The molecule has 1 atom stereocenters. The average Bonchev–Trinajstić information content (AvgIpc) is 2.91. The van der Waals surface area contributed by atoms with E-state index in [1.165, 1.54) is 4.31 Å². The molecule has 1 fully saturated rings. The van der Waals surface area contributed by atoms with E-state index in [1.54, 1.807) is 17.0 Å². The van der Waals surface area contributed by atoms with Crippen molar-refractivity contribution >= 4 is 27.5 Å². The highest BCUT2D eigenvalue weighted by molar-refractivity contribution is 7.92. The van der Waals surface area contributed by atoms with Crippen LogP contribution in [0.15, 0.2) is 47.4 Å². The van der Waals surface area contributed by atoms with Gasteiger partial charge in [-0.25, -0.2) is 13.2 Å². The largest absolute Gasteiger partial charge is 0.444 e. The number of aliphatic hydroxyl groups excluding tert-OH is 1. The smallest absolute Gasteiger partial charge is 0.410 e. The van der Waals surface area contributed by atoms with Crippen molar-refractivity contribution in [1.29, 1.82) is 0 Å². The summed E-state index contributed by atoms with van der Waals surface area (Å²) in [6.07, 6.45) is 1.96. The number of aryl methyl sites for hydroxylation is 1. The zero-order valence-corrected chi connectivity index (χ0v) is 25.6. The van der Waals surface area contributed by atoms with Gasteiger partial charge >= 0.3 is 6.09 Å². The Bertz CT molecular complexity index is 1280. The number of rotatable bonds is 7. The molecular weight excluding hydrogens is 526 g/mol. The highest BCUT2D eigenvalue weighted by atomic mass is 32.2. The van der Waals surface area contributed by atoms with Gasteiger partial charge in [0.25, 0.3) is 10.0 Å². The number of ether oxygens (including phenoxy) is 1. The number of piperidine rings is 1. The number of carbonyl (C=O) groups excluding carboxylic acids is 1. The molecule has 0 aliphatic carbocycles. The Hall–Kier alpha value is -2.78. The van der Waals surface area contributed by atoms with E-state index in [0.29, 0.717) is 43.9 Å². The standard InChI is InChI=1S/C31H45N3O5S/c1-7-23-8-10-25(11-9-23)34(21-22(2)3)40(37,38)26-12-13-28-27(20-26)29(35)16-19-33(28)24-14-17-32(18-15-24)30(36)39-31(4,5)6/h8-13,20,22,24,29,35H,7,14-19,21H2,1-6H3. The first-order valence-corrected chi connectivity index (χ1v) is 15.9. The number of likely N-dealkylation sites (tertiary alicyclic amines) is 1. The van der Waals surface area contributed by atoms with Crippen molar-refractivity contribution in [3.8, 4) is 0 Å². The van der Waals surface area contributed by atoms with Crippen molar-refractivity contribution in [3.05, 3.63) is 53.6 Å². The predicted molar refractivity (Wildman–Crippen MR) is 159 cm³/mol. The lowest BCUT2D eigenvalue weighted by Crippen LogP contribution is -2.49. The van der Waals surface area contributed by atoms with Crippen LogP contribution in [-0.4, -0.2) is 62.3 Å². The molecule has 2 aliphatic heterocycles. The number of hydrogen-bond acceptors (Lipinski definition) is 6. The van der Waals surface area contributed by atoms with Gasteiger partial charge in [-0.05, 0) is 88.3 Å². The van der Waals surface area contributed by atoms with Crippen molar-refractivity contribution in [2.75, 3.05) is 35.4 Å². The van der Waals surface area contributed by atoms with E-state index >= 15 is 0 Å². The molecule has 2 aromatic rings. The summed E-state index contributed by atoms with van der Waals surface area (Å²) in [4.78, 5) is 16.7. The first kappa shape index (κ1) is 30.2. The summed E-state index contributed by atoms with van der Waals surface area (Å²) in [7, 11) is -3.85. The fraction of sp³-hybridized carbons (Fsp3) is 0.581. The second kappa shape index (κ2) is 12.0. The molecule has 40 heavy (non-hydrogen) atoms. The van der Waals surface area contributed by atoms with Crippen LogP contribution < -0.4 is 9.21 Å². The van der Waals surface area contributed by atoms with Crippen LogP contribution in [0.5, 0.6) is 0 Å². The van der Waals surface area contributed by atoms with Crippen LogP contribution in [-0.2, 0) is 21.2 Å². The molecule has 4 rings (SSSR count). The van der Waals surface area contributed by atoms with E-state index in [-0.39, 0.29) is 22.9 Å². The van der Waals surface area contributed by atoms with Crippen molar-refractivity contribution in [3.63, 3.8) is 0 Å². The molecule has 220 valence electrons. The molecule has 0 bridgehead atoms. The maximum atomic E-state index is 14.0. The minimum absolute atomic E-state index is 0.130. The maximum Gasteiger partial charge on any atom is 0.410 e. The fourth-order valence-corrected chi connectivity index (χ4v) is 7.19. The molecule has 0 spiro atoms. The molecule has 2 heterocycles. The third kappa shape index (κ3) is 6.74. The van der Waals surface area contributed by atoms with Gasteiger partial charge in [0.2, 0.25) is 0 Å². The minimum Gasteiger partial charge on any atom is -0.444 e. The van der Waals surface area contributed by atoms with Crippen molar-refractivity contribution in [2.24, 2.45) is 5.92 Å². The molecule has 8 nitrogen and oxygen atoms in total. The Morgan fingerprint density at radius 3 is 2.27 bits per heavy atom. The lowest BCUT2D eigenvalue weighted by atomic mass is 9.94. The number of fused-ring (bicyclic) bond motifs is 1. The Morgan fingerprint density at radius 1 is 1.05 bits per heavy atom. The Labute approximate surface area is 240 Å². The lowest BCUT2D eigenvalue weighted by molar-refractivity contribution is 0.0203. The molecule has 1 N–H and O–H groups in total. The van der Waals surface area contributed by atoms with Crippen molar-refractivity contribution < 1.29 is 23.1 Å². The van der Waals surface area contributed by atoms with E-state index in [0.717, 1.165) is 30.5 Å². The second-order valence-electron chi connectivity index (χ2n) is 12.4. The van der Waals surface area contributed by atoms with Crippen LogP contribution in [0.25, 0.3) is 0 Å². The fourth-order valence-electron chi connectivity index (χ4n) is 5.52. The van der Waals surface area contributed by atoms with Crippen LogP contribution in [0.4, 0.5) is 16.2 Å². The zero-order chi connectivity index (χ0) is 29.2. The van der Waals surface area contributed by atoms with Gasteiger partial charge in [-0.1, -0.05) is 32.9 Å². The maximum absolute atomic E-state index is 14.0. The van der Waals surface area contributed by atoms with E-state index in [4.69, 9.17) is 4.74 Å². The summed E-state index contributed by atoms with van der Waals surface area (Å²) < 4.78 is 35.0. The first-order chi connectivity index (χ1) is 18.8. The lowest BCUT2D eigenvalue weighted by Gasteiger charge is -2.43. The monoisotopic (exact) mass is 571 g/mol.